The van der Waals surface area contributed by atoms with Gasteiger partial charge in [-0.05, 0) is 41.5 Å². The van der Waals surface area contributed by atoms with Gasteiger partial charge in [-0.2, -0.15) is 0 Å². The van der Waals surface area contributed by atoms with Gasteiger partial charge in [0, 0.05) is 36.6 Å². The van der Waals surface area contributed by atoms with Crippen LogP contribution in [0.15, 0.2) is 5.38 Å². The molecule has 0 spiro atoms. The van der Waals surface area contributed by atoms with E-state index in [0.717, 1.165) is 23.8 Å². The molecule has 0 aliphatic rings. The number of nitrogens with one attached hydrogen (secondary N) is 1. The van der Waals surface area contributed by atoms with Crippen LogP contribution in [0.25, 0.3) is 0 Å². The predicted molar refractivity (Wildman–Crippen MR) is 80.2 cm³/mol. The fourth-order valence-corrected chi connectivity index (χ4v) is 2.91. The summed E-state index contributed by atoms with van der Waals surface area (Å²) in [6, 6.07) is 1.54. The van der Waals surface area contributed by atoms with E-state index in [0.29, 0.717) is 18.1 Å². The Hall–Kier alpha value is -0.450. The minimum absolute atomic E-state index is 0.344. The van der Waals surface area contributed by atoms with E-state index in [1.807, 2.05) is 0 Å². The van der Waals surface area contributed by atoms with Gasteiger partial charge in [0.05, 0.1) is 10.7 Å². The lowest BCUT2D eigenvalue weighted by Crippen LogP contribution is -2.41. The third-order valence-electron chi connectivity index (χ3n) is 3.23. The van der Waals surface area contributed by atoms with Gasteiger partial charge < -0.3 is 5.32 Å². The lowest BCUT2D eigenvalue weighted by molar-refractivity contribution is 0.174. The Bertz CT molecular complexity index is 339. The van der Waals surface area contributed by atoms with Crippen LogP contribution >= 0.6 is 11.3 Å². The zero-order valence-electron chi connectivity index (χ0n) is 12.5. The highest BCUT2D eigenvalue weighted by atomic mass is 32.1. The molecule has 3 nitrogen and oxygen atoms in total. The van der Waals surface area contributed by atoms with E-state index < -0.39 is 0 Å². The van der Waals surface area contributed by atoms with E-state index >= 15 is 0 Å². The second-order valence-corrected chi connectivity index (χ2v) is 6.45. The number of thiazole rings is 1. The SMILES string of the molecule is Cc1nc(C(C)NCCN(C(C)C)C(C)C)cs1. The third-order valence-corrected chi connectivity index (χ3v) is 4.02. The minimum atomic E-state index is 0.344. The molecule has 1 atom stereocenters. The first kappa shape index (κ1) is 15.6. The molecular weight excluding hydrogens is 242 g/mol. The highest BCUT2D eigenvalue weighted by Gasteiger charge is 2.14. The van der Waals surface area contributed by atoms with Crippen LogP contribution < -0.4 is 5.32 Å². The average Bonchev–Trinajstić information content (AvgIpc) is 2.69. The van der Waals surface area contributed by atoms with Gasteiger partial charge in [-0.1, -0.05) is 0 Å². The summed E-state index contributed by atoms with van der Waals surface area (Å²) in [6.07, 6.45) is 0. The van der Waals surface area contributed by atoms with Crippen LogP contribution in [0.2, 0.25) is 0 Å². The monoisotopic (exact) mass is 269 g/mol. The summed E-state index contributed by atoms with van der Waals surface area (Å²) >= 11 is 1.72. The zero-order chi connectivity index (χ0) is 13.7. The lowest BCUT2D eigenvalue weighted by Gasteiger charge is -2.30. The lowest BCUT2D eigenvalue weighted by atomic mass is 10.2. The molecule has 104 valence electrons. The summed E-state index contributed by atoms with van der Waals surface area (Å²) in [4.78, 5) is 7.03. The molecule has 0 fully saturated rings. The Morgan fingerprint density at radius 2 is 1.83 bits per heavy atom. The fourth-order valence-electron chi connectivity index (χ4n) is 2.21. The Balaban J connectivity index is 2.37. The van der Waals surface area contributed by atoms with Gasteiger partial charge in [0.2, 0.25) is 0 Å². The molecule has 0 aliphatic heterocycles. The zero-order valence-corrected chi connectivity index (χ0v) is 13.3. The van der Waals surface area contributed by atoms with E-state index in [2.05, 4.69) is 62.1 Å². The quantitative estimate of drug-likeness (QED) is 0.824. The summed E-state index contributed by atoms with van der Waals surface area (Å²) in [5, 5.41) is 6.85. The van der Waals surface area contributed by atoms with E-state index in [-0.39, 0.29) is 0 Å². The van der Waals surface area contributed by atoms with Crippen LogP contribution in [-0.2, 0) is 0 Å². The van der Waals surface area contributed by atoms with Crippen molar-refractivity contribution < 1.29 is 0 Å². The van der Waals surface area contributed by atoms with Crippen LogP contribution in [0, 0.1) is 6.92 Å². The molecule has 1 N–H and O–H groups in total. The van der Waals surface area contributed by atoms with Crippen molar-refractivity contribution in [2.24, 2.45) is 0 Å². The number of nitrogens with zero attached hydrogens (tertiary/aromatic N) is 2. The second-order valence-electron chi connectivity index (χ2n) is 5.39. The molecule has 0 amide bonds. The second kappa shape index (κ2) is 7.22. The van der Waals surface area contributed by atoms with Crippen LogP contribution in [-0.4, -0.2) is 35.1 Å². The molecule has 1 heterocycles. The maximum atomic E-state index is 4.52. The van der Waals surface area contributed by atoms with Crippen molar-refractivity contribution in [3.8, 4) is 0 Å². The number of hydrogen-bond donors (Lipinski definition) is 1. The number of hydrogen-bond acceptors (Lipinski definition) is 4. The van der Waals surface area contributed by atoms with E-state index in [1.54, 1.807) is 11.3 Å². The molecule has 0 saturated carbocycles. The first-order chi connectivity index (χ1) is 8.41. The maximum absolute atomic E-state index is 4.52. The van der Waals surface area contributed by atoms with E-state index in [1.165, 1.54) is 0 Å². The van der Waals surface area contributed by atoms with E-state index in [9.17, 15) is 0 Å². The van der Waals surface area contributed by atoms with Gasteiger partial charge >= 0.3 is 0 Å². The topological polar surface area (TPSA) is 28.2 Å². The van der Waals surface area contributed by atoms with Gasteiger partial charge in [-0.3, -0.25) is 4.90 Å². The summed E-state index contributed by atoms with van der Waals surface area (Å²) in [5.74, 6) is 0. The van der Waals surface area contributed by atoms with Crippen LogP contribution in [0.4, 0.5) is 0 Å². The molecule has 1 aromatic rings. The average molecular weight is 269 g/mol. The summed E-state index contributed by atoms with van der Waals surface area (Å²) in [6.45, 7) is 15.4. The molecule has 0 aromatic carbocycles. The number of aryl methyl sites for hydroxylation is 1. The molecule has 0 aliphatic carbocycles. The summed E-state index contributed by atoms with van der Waals surface area (Å²) in [5.41, 5.74) is 1.16. The Morgan fingerprint density at radius 1 is 1.22 bits per heavy atom. The Kier molecular flexibility index (Phi) is 6.26. The third kappa shape index (κ3) is 4.67. The van der Waals surface area contributed by atoms with Gasteiger partial charge in [0.25, 0.3) is 0 Å². The van der Waals surface area contributed by atoms with Crippen molar-refractivity contribution in [3.63, 3.8) is 0 Å². The smallest absolute Gasteiger partial charge is 0.0898 e. The van der Waals surface area contributed by atoms with Gasteiger partial charge in [0.15, 0.2) is 0 Å². The Labute approximate surface area is 116 Å². The van der Waals surface area contributed by atoms with Crippen molar-refractivity contribution in [2.75, 3.05) is 13.1 Å². The fraction of sp³-hybridized carbons (Fsp3) is 0.786. The van der Waals surface area contributed by atoms with Crippen molar-refractivity contribution in [2.45, 2.75) is 59.7 Å². The molecule has 1 rings (SSSR count). The molecule has 18 heavy (non-hydrogen) atoms. The van der Waals surface area contributed by atoms with Gasteiger partial charge in [-0.15, -0.1) is 11.3 Å². The maximum Gasteiger partial charge on any atom is 0.0898 e. The van der Waals surface area contributed by atoms with Gasteiger partial charge in [-0.25, -0.2) is 4.98 Å². The molecule has 1 aromatic heterocycles. The first-order valence-corrected chi connectivity index (χ1v) is 7.71. The Morgan fingerprint density at radius 3 is 2.28 bits per heavy atom. The highest BCUT2D eigenvalue weighted by molar-refractivity contribution is 7.09. The van der Waals surface area contributed by atoms with Crippen LogP contribution in [0.1, 0.15) is 51.4 Å². The normalized spacial score (nSPS) is 13.8. The van der Waals surface area contributed by atoms with Crippen molar-refractivity contribution in [1.29, 1.82) is 0 Å². The van der Waals surface area contributed by atoms with Crippen molar-refractivity contribution in [1.82, 2.24) is 15.2 Å². The highest BCUT2D eigenvalue weighted by Crippen LogP contribution is 2.15. The molecule has 4 heteroatoms. The molecular formula is C14H27N3S. The largest absolute Gasteiger partial charge is 0.308 e. The first-order valence-electron chi connectivity index (χ1n) is 6.83. The predicted octanol–water partition coefficient (Wildman–Crippen LogP) is 3.22. The standard InChI is InChI=1S/C14H27N3S/c1-10(2)17(11(3)4)8-7-15-12(5)14-9-18-13(6)16-14/h9-12,15H,7-8H2,1-6H3. The van der Waals surface area contributed by atoms with E-state index in [4.69, 9.17) is 0 Å². The van der Waals surface area contributed by atoms with Crippen molar-refractivity contribution in [3.05, 3.63) is 16.1 Å². The number of rotatable bonds is 7. The van der Waals surface area contributed by atoms with Crippen molar-refractivity contribution >= 4 is 11.3 Å². The van der Waals surface area contributed by atoms with Gasteiger partial charge in [0.1, 0.15) is 0 Å². The van der Waals surface area contributed by atoms with Crippen LogP contribution in [0.5, 0.6) is 0 Å². The summed E-state index contributed by atoms with van der Waals surface area (Å²) < 4.78 is 0. The summed E-state index contributed by atoms with van der Waals surface area (Å²) in [7, 11) is 0. The molecule has 0 radical (unpaired) electrons. The minimum Gasteiger partial charge on any atom is -0.308 e. The van der Waals surface area contributed by atoms with Crippen LogP contribution in [0.3, 0.4) is 0 Å². The molecule has 1 unspecified atom stereocenters. The molecule has 0 bridgehead atoms. The molecule has 0 saturated heterocycles. The number of aromatic nitrogens is 1.